The van der Waals surface area contributed by atoms with Crippen molar-refractivity contribution in [2.75, 3.05) is 37.7 Å². The van der Waals surface area contributed by atoms with E-state index in [1.165, 1.54) is 11.3 Å². The Bertz CT molecular complexity index is 1430. The molecule has 0 unspecified atom stereocenters. The Morgan fingerprint density at radius 3 is 2.65 bits per heavy atom. The first-order chi connectivity index (χ1) is 18.1. The fourth-order valence-corrected chi connectivity index (χ4v) is 5.80. The maximum Gasteiger partial charge on any atom is 0.253 e. The minimum atomic E-state index is -0.358. The average molecular weight is 500 g/mol. The van der Waals surface area contributed by atoms with Crippen molar-refractivity contribution in [1.29, 1.82) is 0 Å². The monoisotopic (exact) mass is 499 g/mol. The minimum absolute atomic E-state index is 0.0954. The van der Waals surface area contributed by atoms with Gasteiger partial charge in [-0.2, -0.15) is 0 Å². The highest BCUT2D eigenvalue weighted by Gasteiger charge is 2.33. The van der Waals surface area contributed by atoms with Gasteiger partial charge in [0.15, 0.2) is 5.82 Å². The Morgan fingerprint density at radius 1 is 1.08 bits per heavy atom. The highest BCUT2D eigenvalue weighted by Crippen LogP contribution is 2.30. The SMILES string of the molecule is Cc1cc(C)c2[nH]c(=O)c([C@@H](c3nnnn3C[C@@H]3CCCO3)N3CCN(c4ccccc4)CC3)cc2c1. The molecule has 0 amide bonds. The van der Waals surface area contributed by atoms with Gasteiger partial charge in [-0.3, -0.25) is 9.69 Å². The summed E-state index contributed by atoms with van der Waals surface area (Å²) in [5.41, 5.74) is 4.91. The highest BCUT2D eigenvalue weighted by atomic mass is 16.5. The lowest BCUT2D eigenvalue weighted by molar-refractivity contribution is 0.0906. The van der Waals surface area contributed by atoms with Crippen molar-refractivity contribution in [3.05, 3.63) is 81.4 Å². The van der Waals surface area contributed by atoms with Crippen molar-refractivity contribution in [3.8, 4) is 0 Å². The van der Waals surface area contributed by atoms with Crippen LogP contribution in [-0.2, 0) is 11.3 Å². The predicted molar refractivity (Wildman–Crippen MR) is 143 cm³/mol. The molecule has 2 saturated heterocycles. The molecule has 37 heavy (non-hydrogen) atoms. The molecule has 2 aromatic carbocycles. The number of hydrogen-bond donors (Lipinski definition) is 1. The number of aromatic nitrogens is 5. The lowest BCUT2D eigenvalue weighted by atomic mass is 10.00. The number of nitrogens with one attached hydrogen (secondary N) is 1. The number of tetrazole rings is 1. The van der Waals surface area contributed by atoms with E-state index in [0.29, 0.717) is 17.9 Å². The molecule has 0 bridgehead atoms. The van der Waals surface area contributed by atoms with Crippen molar-refractivity contribution in [1.82, 2.24) is 30.1 Å². The summed E-state index contributed by atoms with van der Waals surface area (Å²) < 4.78 is 7.72. The number of aromatic amines is 1. The Labute approximate surface area is 216 Å². The minimum Gasteiger partial charge on any atom is -0.376 e. The molecule has 4 aromatic rings. The topological polar surface area (TPSA) is 92.2 Å². The van der Waals surface area contributed by atoms with Crippen LogP contribution in [0.4, 0.5) is 5.69 Å². The van der Waals surface area contributed by atoms with Gasteiger partial charge in [-0.15, -0.1) is 5.10 Å². The molecule has 2 aromatic heterocycles. The lowest BCUT2D eigenvalue weighted by Gasteiger charge is -2.39. The second kappa shape index (κ2) is 10.1. The maximum atomic E-state index is 13.6. The first-order valence-electron chi connectivity index (χ1n) is 13.1. The number of benzene rings is 2. The number of fused-ring (bicyclic) bond motifs is 1. The van der Waals surface area contributed by atoms with Crippen molar-refractivity contribution in [2.24, 2.45) is 0 Å². The summed E-state index contributed by atoms with van der Waals surface area (Å²) in [5.74, 6) is 0.692. The Kier molecular flexibility index (Phi) is 6.48. The summed E-state index contributed by atoms with van der Waals surface area (Å²) in [6.07, 6.45) is 2.14. The van der Waals surface area contributed by atoms with E-state index in [4.69, 9.17) is 4.74 Å². The number of piperazine rings is 1. The molecule has 2 aliphatic rings. The second-order valence-corrected chi connectivity index (χ2v) is 10.2. The van der Waals surface area contributed by atoms with Gasteiger partial charge in [0.05, 0.1) is 18.2 Å². The van der Waals surface area contributed by atoms with Crippen LogP contribution in [0.3, 0.4) is 0 Å². The van der Waals surface area contributed by atoms with E-state index in [9.17, 15) is 4.79 Å². The third-order valence-corrected chi connectivity index (χ3v) is 7.62. The largest absolute Gasteiger partial charge is 0.376 e. The van der Waals surface area contributed by atoms with E-state index in [2.05, 4.69) is 73.6 Å². The van der Waals surface area contributed by atoms with Gasteiger partial charge in [0.1, 0.15) is 6.04 Å². The number of ether oxygens (including phenoxy) is 1. The molecule has 2 atom stereocenters. The number of anilines is 1. The smallest absolute Gasteiger partial charge is 0.253 e. The van der Waals surface area contributed by atoms with Gasteiger partial charge in [0, 0.05) is 44.0 Å². The molecule has 9 heteroatoms. The summed E-state index contributed by atoms with van der Waals surface area (Å²) in [4.78, 5) is 21.5. The van der Waals surface area contributed by atoms with E-state index in [1.807, 2.05) is 23.7 Å². The van der Waals surface area contributed by atoms with Crippen LogP contribution in [0.15, 0.2) is 53.3 Å². The van der Waals surface area contributed by atoms with Crippen LogP contribution >= 0.6 is 0 Å². The van der Waals surface area contributed by atoms with Crippen LogP contribution in [0.2, 0.25) is 0 Å². The van der Waals surface area contributed by atoms with Gasteiger partial charge in [-0.1, -0.05) is 29.8 Å². The predicted octanol–water partition coefficient (Wildman–Crippen LogP) is 3.22. The first-order valence-corrected chi connectivity index (χ1v) is 13.1. The fraction of sp³-hybridized carbons (Fsp3) is 0.429. The number of pyridine rings is 1. The van der Waals surface area contributed by atoms with Crippen LogP contribution in [-0.4, -0.2) is 69.0 Å². The maximum absolute atomic E-state index is 13.6. The van der Waals surface area contributed by atoms with Gasteiger partial charge in [0.2, 0.25) is 0 Å². The van der Waals surface area contributed by atoms with Crippen LogP contribution in [0.1, 0.15) is 41.4 Å². The zero-order valence-corrected chi connectivity index (χ0v) is 21.4. The molecule has 0 spiro atoms. The number of para-hydroxylation sites is 1. The van der Waals surface area contributed by atoms with Crippen LogP contribution < -0.4 is 10.5 Å². The van der Waals surface area contributed by atoms with E-state index in [-0.39, 0.29) is 17.7 Å². The average Bonchev–Trinajstić information content (AvgIpc) is 3.59. The molecular formula is C28H33N7O2. The van der Waals surface area contributed by atoms with Gasteiger partial charge in [0.25, 0.3) is 5.56 Å². The molecule has 192 valence electrons. The van der Waals surface area contributed by atoms with Crippen molar-refractivity contribution in [2.45, 2.75) is 45.4 Å². The standard InChI is InChI=1S/C28H33N7O2/c1-19-15-20(2)25-21(16-19)17-24(28(36)29-25)26(27-30-31-32-35(27)18-23-9-6-14-37-23)34-12-10-33(11-13-34)22-7-4-3-5-8-22/h3-5,7-8,15-17,23,26H,6,9-14,18H2,1-2H3,(H,29,36)/t23-,26-/m0/s1. The normalized spacial score (nSPS) is 19.5. The number of nitrogens with zero attached hydrogens (tertiary/aromatic N) is 6. The van der Waals surface area contributed by atoms with Crippen LogP contribution in [0.5, 0.6) is 0 Å². The first kappa shape index (κ1) is 23.8. The Balaban J connectivity index is 1.39. The lowest BCUT2D eigenvalue weighted by Crippen LogP contribution is -2.49. The molecule has 9 nitrogen and oxygen atoms in total. The van der Waals surface area contributed by atoms with Gasteiger partial charge in [-0.05, 0) is 72.3 Å². The third-order valence-electron chi connectivity index (χ3n) is 7.62. The van der Waals surface area contributed by atoms with Crippen molar-refractivity contribution >= 4 is 16.6 Å². The summed E-state index contributed by atoms with van der Waals surface area (Å²) in [6.45, 7) is 8.78. The van der Waals surface area contributed by atoms with E-state index < -0.39 is 0 Å². The number of rotatable bonds is 6. The number of hydrogen-bond acceptors (Lipinski definition) is 7. The number of H-pyrrole nitrogens is 1. The molecule has 2 fully saturated rings. The highest BCUT2D eigenvalue weighted by molar-refractivity contribution is 5.83. The van der Waals surface area contributed by atoms with E-state index >= 15 is 0 Å². The number of aryl methyl sites for hydroxylation is 2. The molecule has 0 radical (unpaired) electrons. The van der Waals surface area contributed by atoms with Crippen LogP contribution in [0.25, 0.3) is 10.9 Å². The Hall–Kier alpha value is -3.56. The summed E-state index contributed by atoms with van der Waals surface area (Å²) in [5, 5.41) is 13.9. The van der Waals surface area contributed by atoms with Crippen LogP contribution in [0, 0.1) is 13.8 Å². The second-order valence-electron chi connectivity index (χ2n) is 10.2. The molecule has 4 heterocycles. The summed E-state index contributed by atoms with van der Waals surface area (Å²) in [6, 6.07) is 16.4. The van der Waals surface area contributed by atoms with Gasteiger partial charge >= 0.3 is 0 Å². The summed E-state index contributed by atoms with van der Waals surface area (Å²) in [7, 11) is 0. The van der Waals surface area contributed by atoms with Crippen molar-refractivity contribution < 1.29 is 4.74 Å². The third kappa shape index (κ3) is 4.76. The van der Waals surface area contributed by atoms with Gasteiger partial charge in [-0.25, -0.2) is 4.68 Å². The fourth-order valence-electron chi connectivity index (χ4n) is 5.80. The zero-order valence-electron chi connectivity index (χ0n) is 21.4. The molecular weight excluding hydrogens is 466 g/mol. The van der Waals surface area contributed by atoms with E-state index in [1.54, 1.807) is 0 Å². The van der Waals surface area contributed by atoms with Crippen molar-refractivity contribution in [3.63, 3.8) is 0 Å². The Morgan fingerprint density at radius 2 is 1.89 bits per heavy atom. The summed E-state index contributed by atoms with van der Waals surface area (Å²) >= 11 is 0. The van der Waals surface area contributed by atoms with E-state index in [0.717, 1.165) is 62.1 Å². The molecule has 1 N–H and O–H groups in total. The van der Waals surface area contributed by atoms with Gasteiger partial charge < -0.3 is 14.6 Å². The zero-order chi connectivity index (χ0) is 25.4. The molecule has 0 aliphatic carbocycles. The molecule has 0 saturated carbocycles. The molecule has 2 aliphatic heterocycles. The molecule has 6 rings (SSSR count). The quantitative estimate of drug-likeness (QED) is 0.435.